The highest BCUT2D eigenvalue weighted by Gasteiger charge is 2.08. The molecule has 0 saturated heterocycles. The lowest BCUT2D eigenvalue weighted by Gasteiger charge is -2.13. The van der Waals surface area contributed by atoms with Gasteiger partial charge in [-0.2, -0.15) is 0 Å². The van der Waals surface area contributed by atoms with Crippen LogP contribution >= 0.6 is 23.2 Å². The van der Waals surface area contributed by atoms with E-state index in [1.807, 2.05) is 30.3 Å². The largest absolute Gasteiger partial charge is 0.456 e. The van der Waals surface area contributed by atoms with Gasteiger partial charge in [-0.15, -0.1) is 11.6 Å². The van der Waals surface area contributed by atoms with E-state index < -0.39 is 0 Å². The summed E-state index contributed by atoms with van der Waals surface area (Å²) in [5, 5.41) is 0.578. The molecule has 0 fully saturated rings. The molecule has 0 spiro atoms. The van der Waals surface area contributed by atoms with E-state index in [1.54, 1.807) is 0 Å². The Labute approximate surface area is 130 Å². The molecule has 0 aliphatic rings. The SMILES string of the molecule is Cc1cc(Oc2ccc(CCl)cc2Cl)ccc1C(C)C. The molecular weight excluding hydrogens is 291 g/mol. The summed E-state index contributed by atoms with van der Waals surface area (Å²) in [6.07, 6.45) is 0. The minimum atomic E-state index is 0.447. The number of alkyl halides is 1. The Morgan fingerprint density at radius 3 is 2.40 bits per heavy atom. The van der Waals surface area contributed by atoms with E-state index in [0.29, 0.717) is 22.6 Å². The molecule has 2 aromatic rings. The van der Waals surface area contributed by atoms with Crippen molar-refractivity contribution in [3.63, 3.8) is 0 Å². The van der Waals surface area contributed by atoms with Gasteiger partial charge in [-0.25, -0.2) is 0 Å². The number of ether oxygens (including phenoxy) is 1. The zero-order valence-corrected chi connectivity index (χ0v) is 13.4. The van der Waals surface area contributed by atoms with Crippen LogP contribution in [0.25, 0.3) is 0 Å². The third-order valence-electron chi connectivity index (χ3n) is 3.24. The molecule has 0 aliphatic carbocycles. The minimum absolute atomic E-state index is 0.447. The maximum absolute atomic E-state index is 6.20. The highest BCUT2D eigenvalue weighted by atomic mass is 35.5. The molecular formula is C17H18Cl2O. The summed E-state index contributed by atoms with van der Waals surface area (Å²) in [6, 6.07) is 11.7. The summed E-state index contributed by atoms with van der Waals surface area (Å²) >= 11 is 12.0. The average molecular weight is 309 g/mol. The second-order valence-electron chi connectivity index (χ2n) is 5.17. The van der Waals surface area contributed by atoms with Crippen LogP contribution in [0.3, 0.4) is 0 Å². The molecule has 0 unspecified atom stereocenters. The first-order valence-corrected chi connectivity index (χ1v) is 7.55. The number of aryl methyl sites for hydroxylation is 1. The van der Waals surface area contributed by atoms with Crippen molar-refractivity contribution in [3.05, 3.63) is 58.1 Å². The Balaban J connectivity index is 2.24. The molecule has 0 saturated carbocycles. The highest BCUT2D eigenvalue weighted by molar-refractivity contribution is 6.32. The van der Waals surface area contributed by atoms with E-state index in [0.717, 1.165) is 11.3 Å². The van der Waals surface area contributed by atoms with Gasteiger partial charge in [-0.1, -0.05) is 37.6 Å². The molecule has 0 N–H and O–H groups in total. The van der Waals surface area contributed by atoms with Gasteiger partial charge in [0.05, 0.1) is 5.02 Å². The Morgan fingerprint density at radius 2 is 1.85 bits per heavy atom. The third-order valence-corrected chi connectivity index (χ3v) is 3.85. The highest BCUT2D eigenvalue weighted by Crippen LogP contribution is 2.32. The first-order valence-electron chi connectivity index (χ1n) is 6.64. The molecule has 0 atom stereocenters. The zero-order valence-electron chi connectivity index (χ0n) is 11.9. The van der Waals surface area contributed by atoms with Gasteiger partial charge in [0.15, 0.2) is 0 Å². The van der Waals surface area contributed by atoms with E-state index in [4.69, 9.17) is 27.9 Å². The van der Waals surface area contributed by atoms with Crippen molar-refractivity contribution < 1.29 is 4.74 Å². The molecule has 0 bridgehead atoms. The van der Waals surface area contributed by atoms with Gasteiger partial charge in [0.1, 0.15) is 11.5 Å². The second kappa shape index (κ2) is 6.51. The van der Waals surface area contributed by atoms with Gasteiger partial charge in [-0.05, 0) is 53.8 Å². The second-order valence-corrected chi connectivity index (χ2v) is 5.85. The fraction of sp³-hybridized carbons (Fsp3) is 0.294. The van der Waals surface area contributed by atoms with Crippen LogP contribution in [0, 0.1) is 6.92 Å². The third kappa shape index (κ3) is 3.47. The van der Waals surface area contributed by atoms with Crippen LogP contribution < -0.4 is 4.74 Å². The van der Waals surface area contributed by atoms with Crippen molar-refractivity contribution in [3.8, 4) is 11.5 Å². The molecule has 3 heteroatoms. The van der Waals surface area contributed by atoms with Crippen molar-refractivity contribution >= 4 is 23.2 Å². The lowest BCUT2D eigenvalue weighted by atomic mass is 9.98. The van der Waals surface area contributed by atoms with Gasteiger partial charge >= 0.3 is 0 Å². The van der Waals surface area contributed by atoms with Gasteiger partial charge in [0, 0.05) is 5.88 Å². The predicted octanol–water partition coefficient (Wildman–Crippen LogP) is 6.30. The van der Waals surface area contributed by atoms with Crippen LogP contribution in [0.1, 0.15) is 36.5 Å². The first-order chi connectivity index (χ1) is 9.51. The summed E-state index contributed by atoms with van der Waals surface area (Å²) in [5.74, 6) is 2.41. The van der Waals surface area contributed by atoms with Gasteiger partial charge in [0.25, 0.3) is 0 Å². The van der Waals surface area contributed by atoms with Crippen molar-refractivity contribution in [2.45, 2.75) is 32.6 Å². The summed E-state index contributed by atoms with van der Waals surface area (Å²) < 4.78 is 5.85. The molecule has 2 rings (SSSR count). The average Bonchev–Trinajstić information content (AvgIpc) is 2.40. The van der Waals surface area contributed by atoms with Gasteiger partial charge in [0.2, 0.25) is 0 Å². The number of rotatable bonds is 4. The number of hydrogen-bond donors (Lipinski definition) is 0. The van der Waals surface area contributed by atoms with E-state index >= 15 is 0 Å². The van der Waals surface area contributed by atoms with E-state index in [-0.39, 0.29) is 0 Å². The number of hydrogen-bond acceptors (Lipinski definition) is 1. The van der Waals surface area contributed by atoms with Crippen LogP contribution in [0.15, 0.2) is 36.4 Å². The van der Waals surface area contributed by atoms with Gasteiger partial charge < -0.3 is 4.74 Å². The number of halogens is 2. The summed E-state index contributed by atoms with van der Waals surface area (Å²) in [6.45, 7) is 6.47. The topological polar surface area (TPSA) is 9.23 Å². The van der Waals surface area contributed by atoms with Crippen molar-refractivity contribution in [1.82, 2.24) is 0 Å². The van der Waals surface area contributed by atoms with Crippen LogP contribution in [0.4, 0.5) is 0 Å². The van der Waals surface area contributed by atoms with Gasteiger partial charge in [-0.3, -0.25) is 0 Å². The molecule has 0 radical (unpaired) electrons. The van der Waals surface area contributed by atoms with E-state index in [2.05, 4.69) is 26.8 Å². The Hall–Kier alpha value is -1.18. The smallest absolute Gasteiger partial charge is 0.146 e. The van der Waals surface area contributed by atoms with Crippen LogP contribution in [-0.4, -0.2) is 0 Å². The van der Waals surface area contributed by atoms with Crippen LogP contribution in [-0.2, 0) is 5.88 Å². The van der Waals surface area contributed by atoms with Crippen molar-refractivity contribution in [2.75, 3.05) is 0 Å². The molecule has 2 aromatic carbocycles. The molecule has 1 nitrogen and oxygen atoms in total. The van der Waals surface area contributed by atoms with E-state index in [9.17, 15) is 0 Å². The maximum atomic E-state index is 6.20. The minimum Gasteiger partial charge on any atom is -0.456 e. The zero-order chi connectivity index (χ0) is 14.7. The molecule has 0 amide bonds. The molecule has 0 aliphatic heterocycles. The van der Waals surface area contributed by atoms with Crippen LogP contribution in [0.5, 0.6) is 11.5 Å². The Kier molecular flexibility index (Phi) is 4.95. The molecule has 0 heterocycles. The normalized spacial score (nSPS) is 10.9. The fourth-order valence-electron chi connectivity index (χ4n) is 2.20. The maximum Gasteiger partial charge on any atom is 0.146 e. The quantitative estimate of drug-likeness (QED) is 0.602. The molecule has 106 valence electrons. The summed E-state index contributed by atoms with van der Waals surface area (Å²) in [5.41, 5.74) is 3.54. The summed E-state index contributed by atoms with van der Waals surface area (Å²) in [4.78, 5) is 0. The van der Waals surface area contributed by atoms with Crippen molar-refractivity contribution in [2.24, 2.45) is 0 Å². The van der Waals surface area contributed by atoms with E-state index in [1.165, 1.54) is 11.1 Å². The Bertz CT molecular complexity index is 606. The monoisotopic (exact) mass is 308 g/mol. The lowest BCUT2D eigenvalue weighted by Crippen LogP contribution is -1.93. The summed E-state index contributed by atoms with van der Waals surface area (Å²) in [7, 11) is 0. The Morgan fingerprint density at radius 1 is 1.10 bits per heavy atom. The number of benzene rings is 2. The first kappa shape index (κ1) is 15.2. The molecule has 0 aromatic heterocycles. The molecule has 20 heavy (non-hydrogen) atoms. The standard InChI is InChI=1S/C17H18Cl2O/c1-11(2)15-6-5-14(8-12(15)3)20-17-7-4-13(10-18)9-16(17)19/h4-9,11H,10H2,1-3H3. The fourth-order valence-corrected chi connectivity index (χ4v) is 2.60. The van der Waals surface area contributed by atoms with Crippen molar-refractivity contribution in [1.29, 1.82) is 0 Å². The predicted molar refractivity (Wildman–Crippen MR) is 86.4 cm³/mol. The van der Waals surface area contributed by atoms with Crippen LogP contribution in [0.2, 0.25) is 5.02 Å². The lowest BCUT2D eigenvalue weighted by molar-refractivity contribution is 0.482.